The van der Waals surface area contributed by atoms with E-state index in [0.717, 1.165) is 31.6 Å². The minimum absolute atomic E-state index is 0.380. The van der Waals surface area contributed by atoms with Gasteiger partial charge in [-0.1, -0.05) is 0 Å². The van der Waals surface area contributed by atoms with Gasteiger partial charge in [-0.2, -0.15) is 0 Å². The Balaban J connectivity index is 2.37. The van der Waals surface area contributed by atoms with Crippen molar-refractivity contribution < 1.29 is 0 Å². The highest BCUT2D eigenvalue weighted by atomic mass is 15.5. The highest BCUT2D eigenvalue weighted by Gasteiger charge is 2.19. The van der Waals surface area contributed by atoms with Gasteiger partial charge in [-0.15, -0.1) is 0 Å². The second-order valence-electron chi connectivity index (χ2n) is 3.91. The maximum absolute atomic E-state index is 5.83. The number of hydrazine groups is 1. The topological polar surface area (TPSA) is 79.7 Å². The van der Waals surface area contributed by atoms with Gasteiger partial charge in [-0.25, -0.2) is 5.84 Å². The number of rotatable bonds is 1. The van der Waals surface area contributed by atoms with Crippen LogP contribution in [0.3, 0.4) is 0 Å². The first-order valence-electron chi connectivity index (χ1n) is 5.10. The monoisotopic (exact) mass is 199 g/mol. The first kappa shape index (κ1) is 11.3. The molecule has 1 fully saturated rings. The van der Waals surface area contributed by atoms with Crippen LogP contribution in [-0.2, 0) is 0 Å². The van der Waals surface area contributed by atoms with Crippen molar-refractivity contribution in [3.05, 3.63) is 0 Å². The summed E-state index contributed by atoms with van der Waals surface area (Å²) in [7, 11) is 3.52. The molecule has 1 rings (SSSR count). The third kappa shape index (κ3) is 3.16. The van der Waals surface area contributed by atoms with Crippen LogP contribution < -0.4 is 16.9 Å². The summed E-state index contributed by atoms with van der Waals surface area (Å²) in [5.74, 6) is 6.35. The maximum Gasteiger partial charge on any atom is 0.208 e. The predicted molar refractivity (Wildman–Crippen MR) is 58.7 cm³/mol. The maximum atomic E-state index is 5.83. The molecular weight excluding hydrogens is 178 g/mol. The van der Waals surface area contributed by atoms with Gasteiger partial charge < -0.3 is 11.1 Å². The molecular formula is C9H21N5. The summed E-state index contributed by atoms with van der Waals surface area (Å²) >= 11 is 0. The Kier molecular flexibility index (Phi) is 4.16. The first-order valence-corrected chi connectivity index (χ1v) is 5.10. The Labute approximate surface area is 85.5 Å². The van der Waals surface area contributed by atoms with E-state index in [0.29, 0.717) is 12.1 Å². The zero-order valence-electron chi connectivity index (χ0n) is 9.03. The number of hydrogen-bond acceptors (Lipinski definition) is 3. The minimum atomic E-state index is 0.380. The zero-order valence-corrected chi connectivity index (χ0v) is 9.03. The molecule has 14 heavy (non-hydrogen) atoms. The van der Waals surface area contributed by atoms with Crippen LogP contribution >= 0.6 is 0 Å². The molecule has 0 aromatic rings. The summed E-state index contributed by atoms with van der Waals surface area (Å²) < 4.78 is 0. The Morgan fingerprint density at radius 3 is 2.36 bits per heavy atom. The molecule has 0 aromatic heterocycles. The lowest BCUT2D eigenvalue weighted by Gasteiger charge is -2.29. The van der Waals surface area contributed by atoms with Gasteiger partial charge in [0.05, 0.1) is 0 Å². The van der Waals surface area contributed by atoms with E-state index in [1.165, 1.54) is 5.01 Å². The minimum Gasteiger partial charge on any atom is -0.352 e. The van der Waals surface area contributed by atoms with E-state index >= 15 is 0 Å². The van der Waals surface area contributed by atoms with Gasteiger partial charge in [-0.3, -0.25) is 10.0 Å². The fourth-order valence-electron chi connectivity index (χ4n) is 1.77. The lowest BCUT2D eigenvalue weighted by Crippen LogP contribution is -2.49. The van der Waals surface area contributed by atoms with E-state index in [9.17, 15) is 0 Å². The molecule has 0 spiro atoms. The van der Waals surface area contributed by atoms with E-state index < -0.39 is 0 Å². The van der Waals surface area contributed by atoms with Gasteiger partial charge in [0.1, 0.15) is 0 Å². The molecule has 0 amide bonds. The van der Waals surface area contributed by atoms with E-state index in [4.69, 9.17) is 11.6 Å². The SMILES string of the molecule is C/N=C(/N[C@H]1CC[C@H](N)CC1)N(C)N. The van der Waals surface area contributed by atoms with Crippen LogP contribution in [0.2, 0.25) is 0 Å². The van der Waals surface area contributed by atoms with Crippen LogP contribution in [0.5, 0.6) is 0 Å². The Morgan fingerprint density at radius 1 is 1.36 bits per heavy atom. The third-order valence-corrected chi connectivity index (χ3v) is 2.65. The fourth-order valence-corrected chi connectivity index (χ4v) is 1.77. The van der Waals surface area contributed by atoms with E-state index in [-0.39, 0.29) is 0 Å². The van der Waals surface area contributed by atoms with Gasteiger partial charge in [-0.05, 0) is 25.7 Å². The van der Waals surface area contributed by atoms with Gasteiger partial charge in [0.15, 0.2) is 0 Å². The van der Waals surface area contributed by atoms with Gasteiger partial charge in [0.2, 0.25) is 5.96 Å². The molecule has 0 unspecified atom stereocenters. The second-order valence-corrected chi connectivity index (χ2v) is 3.91. The molecule has 5 nitrogen and oxygen atoms in total. The summed E-state index contributed by atoms with van der Waals surface area (Å²) in [4.78, 5) is 4.08. The number of nitrogens with two attached hydrogens (primary N) is 2. The standard InChI is InChI=1S/C9H21N5/c1-12-9(14(2)11)13-8-5-3-7(10)4-6-8/h7-8H,3-6,10-11H2,1-2H3,(H,12,13)/t7-,8-. The lowest BCUT2D eigenvalue weighted by atomic mass is 9.92. The summed E-state index contributed by atoms with van der Waals surface area (Å²) in [5.41, 5.74) is 5.83. The summed E-state index contributed by atoms with van der Waals surface area (Å²) in [5, 5.41) is 4.83. The molecule has 1 aliphatic carbocycles. The molecule has 0 bridgehead atoms. The highest BCUT2D eigenvalue weighted by molar-refractivity contribution is 5.79. The highest BCUT2D eigenvalue weighted by Crippen LogP contribution is 2.16. The Morgan fingerprint density at radius 2 is 1.93 bits per heavy atom. The fraction of sp³-hybridized carbons (Fsp3) is 0.889. The lowest BCUT2D eigenvalue weighted by molar-refractivity contribution is 0.360. The summed E-state index contributed by atoms with van der Waals surface area (Å²) in [6.45, 7) is 0. The van der Waals surface area contributed by atoms with Crippen LogP contribution in [0, 0.1) is 0 Å². The number of aliphatic imine (C=N–C) groups is 1. The van der Waals surface area contributed by atoms with Gasteiger partial charge in [0.25, 0.3) is 0 Å². The van der Waals surface area contributed by atoms with Crippen molar-refractivity contribution in [3.63, 3.8) is 0 Å². The third-order valence-electron chi connectivity index (χ3n) is 2.65. The van der Waals surface area contributed by atoms with Crippen LogP contribution in [0.4, 0.5) is 0 Å². The van der Waals surface area contributed by atoms with Gasteiger partial charge in [0, 0.05) is 26.2 Å². The van der Waals surface area contributed by atoms with Crippen LogP contribution in [-0.4, -0.2) is 37.1 Å². The van der Waals surface area contributed by atoms with Crippen molar-refractivity contribution in [2.75, 3.05) is 14.1 Å². The molecule has 0 aromatic carbocycles. The Hall–Kier alpha value is -0.810. The average Bonchev–Trinajstić information content (AvgIpc) is 2.16. The van der Waals surface area contributed by atoms with Crippen LogP contribution in [0.15, 0.2) is 4.99 Å². The average molecular weight is 199 g/mol. The van der Waals surface area contributed by atoms with Gasteiger partial charge >= 0.3 is 0 Å². The number of hydrogen-bond donors (Lipinski definition) is 3. The van der Waals surface area contributed by atoms with Crippen molar-refractivity contribution in [3.8, 4) is 0 Å². The van der Waals surface area contributed by atoms with Crippen LogP contribution in [0.1, 0.15) is 25.7 Å². The second kappa shape index (κ2) is 5.17. The van der Waals surface area contributed by atoms with Crippen LogP contribution in [0.25, 0.3) is 0 Å². The molecule has 1 saturated carbocycles. The predicted octanol–water partition coefficient (Wildman–Crippen LogP) is -0.363. The molecule has 1 aliphatic rings. The number of guanidine groups is 1. The van der Waals surface area contributed by atoms with E-state index in [1.807, 2.05) is 0 Å². The number of nitrogens with one attached hydrogen (secondary N) is 1. The molecule has 0 saturated heterocycles. The van der Waals surface area contributed by atoms with Crippen molar-refractivity contribution in [2.45, 2.75) is 37.8 Å². The number of nitrogens with zero attached hydrogens (tertiary/aromatic N) is 2. The molecule has 5 heteroatoms. The Bertz CT molecular complexity index is 193. The quantitative estimate of drug-likeness (QED) is 0.233. The smallest absolute Gasteiger partial charge is 0.208 e. The largest absolute Gasteiger partial charge is 0.352 e. The zero-order chi connectivity index (χ0) is 10.6. The molecule has 0 radical (unpaired) electrons. The van der Waals surface area contributed by atoms with Crippen molar-refractivity contribution in [1.29, 1.82) is 0 Å². The van der Waals surface area contributed by atoms with Crippen molar-refractivity contribution >= 4 is 5.96 Å². The molecule has 0 atom stereocenters. The normalized spacial score (nSPS) is 28.7. The summed E-state index contributed by atoms with van der Waals surface area (Å²) in [6.07, 6.45) is 4.38. The molecule has 5 N–H and O–H groups in total. The molecule has 0 aliphatic heterocycles. The molecule has 82 valence electrons. The summed E-state index contributed by atoms with van der Waals surface area (Å²) in [6, 6.07) is 0.852. The first-order chi connectivity index (χ1) is 6.63. The van der Waals surface area contributed by atoms with E-state index in [2.05, 4.69) is 10.3 Å². The molecule has 0 heterocycles. The van der Waals surface area contributed by atoms with Crippen molar-refractivity contribution in [2.24, 2.45) is 16.6 Å². The van der Waals surface area contributed by atoms with Crippen molar-refractivity contribution in [1.82, 2.24) is 10.3 Å². The van der Waals surface area contributed by atoms with E-state index in [1.54, 1.807) is 14.1 Å².